The van der Waals surface area contributed by atoms with Crippen LogP contribution in [0.5, 0.6) is 0 Å². The van der Waals surface area contributed by atoms with Crippen LogP contribution in [0.4, 0.5) is 4.39 Å². The summed E-state index contributed by atoms with van der Waals surface area (Å²) in [4.78, 5) is 17.9. The van der Waals surface area contributed by atoms with Crippen LogP contribution < -0.4 is 0 Å². The van der Waals surface area contributed by atoms with Gasteiger partial charge in [-0.25, -0.2) is 12.8 Å². The summed E-state index contributed by atoms with van der Waals surface area (Å²) in [6.07, 6.45) is 12.5. The van der Waals surface area contributed by atoms with Crippen LogP contribution in [-0.4, -0.2) is 78.9 Å². The first-order valence-corrected chi connectivity index (χ1v) is 16.1. The predicted molar refractivity (Wildman–Crippen MR) is 152 cm³/mol. The van der Waals surface area contributed by atoms with Gasteiger partial charge in [0.2, 0.25) is 15.9 Å². The first-order valence-electron chi connectivity index (χ1n) is 14.7. The van der Waals surface area contributed by atoms with Gasteiger partial charge in [-0.3, -0.25) is 4.79 Å². The Morgan fingerprint density at radius 2 is 1.62 bits per heavy atom. The average molecular weight is 573 g/mol. The summed E-state index contributed by atoms with van der Waals surface area (Å²) in [7, 11) is -1.64. The van der Waals surface area contributed by atoms with Crippen molar-refractivity contribution in [1.82, 2.24) is 19.3 Å². The van der Waals surface area contributed by atoms with Crippen molar-refractivity contribution in [1.29, 1.82) is 0 Å². The molecule has 0 bridgehead atoms. The van der Waals surface area contributed by atoms with E-state index in [0.29, 0.717) is 30.5 Å². The molecule has 0 unspecified atom stereocenters. The van der Waals surface area contributed by atoms with Gasteiger partial charge >= 0.3 is 0 Å². The summed E-state index contributed by atoms with van der Waals surface area (Å²) in [6.45, 7) is 3.66. The van der Waals surface area contributed by atoms with Crippen LogP contribution in [0.3, 0.4) is 0 Å². The van der Waals surface area contributed by atoms with Gasteiger partial charge in [-0.15, -0.1) is 0 Å². The Labute approximate surface area is 237 Å². The van der Waals surface area contributed by atoms with Gasteiger partial charge in [-0.1, -0.05) is 42.6 Å². The minimum atomic E-state index is -3.89. The molecule has 3 aliphatic rings. The maximum atomic E-state index is 14.0. The van der Waals surface area contributed by atoms with Crippen molar-refractivity contribution in [2.45, 2.75) is 81.7 Å². The van der Waals surface area contributed by atoms with E-state index in [-0.39, 0.29) is 41.3 Å². The second-order valence-electron chi connectivity index (χ2n) is 11.5. The van der Waals surface area contributed by atoms with Gasteiger partial charge in [0.1, 0.15) is 11.5 Å². The number of nitrogens with zero attached hydrogens (tertiary/aromatic N) is 4. The molecule has 40 heavy (non-hydrogen) atoms. The van der Waals surface area contributed by atoms with E-state index in [2.05, 4.69) is 17.1 Å². The number of sulfonamides is 1. The van der Waals surface area contributed by atoms with Crippen molar-refractivity contribution < 1.29 is 22.1 Å². The Hall–Kier alpha value is -2.56. The Bertz CT molecular complexity index is 1300. The molecule has 5 rings (SSSR count). The molecule has 1 amide bonds. The lowest BCUT2D eigenvalue weighted by molar-refractivity contribution is -0.138. The number of amides is 1. The van der Waals surface area contributed by atoms with E-state index in [1.54, 1.807) is 25.1 Å². The molecule has 0 radical (unpaired) electrons. The van der Waals surface area contributed by atoms with Gasteiger partial charge in [-0.05, 0) is 70.7 Å². The maximum absolute atomic E-state index is 14.0. The molecule has 1 saturated carbocycles. The van der Waals surface area contributed by atoms with Crippen molar-refractivity contribution in [3.63, 3.8) is 0 Å². The summed E-state index contributed by atoms with van der Waals surface area (Å²) < 4.78 is 47.9. The monoisotopic (exact) mass is 572 g/mol. The number of hydrogen-bond donors (Lipinski definition) is 0. The first-order chi connectivity index (χ1) is 19.3. The highest BCUT2D eigenvalue weighted by Gasteiger charge is 2.38. The minimum absolute atomic E-state index is 0.00553. The Morgan fingerprint density at radius 1 is 0.975 bits per heavy atom. The number of aryl methyl sites for hydroxylation is 1. The first kappa shape index (κ1) is 29.0. The minimum Gasteiger partial charge on any atom is -0.355 e. The van der Waals surface area contributed by atoms with E-state index in [1.807, 2.05) is 4.90 Å². The molecule has 218 valence electrons. The zero-order valence-electron chi connectivity index (χ0n) is 23.6. The molecule has 2 aliphatic heterocycles. The molecular formula is C30H41FN4O4S. The van der Waals surface area contributed by atoms with E-state index < -0.39 is 15.8 Å². The fourth-order valence-electron chi connectivity index (χ4n) is 6.58. The number of piperidine rings is 2. The molecule has 1 aliphatic carbocycles. The predicted octanol–water partition coefficient (Wildman–Crippen LogP) is 4.95. The summed E-state index contributed by atoms with van der Waals surface area (Å²) >= 11 is 0. The lowest BCUT2D eigenvalue weighted by Gasteiger charge is -2.42. The molecular weight excluding hydrogens is 531 g/mol. The molecule has 0 atom stereocenters. The lowest BCUT2D eigenvalue weighted by Crippen LogP contribution is -2.51. The van der Waals surface area contributed by atoms with Gasteiger partial charge < -0.3 is 14.3 Å². The van der Waals surface area contributed by atoms with Crippen LogP contribution in [0.15, 0.2) is 33.7 Å². The van der Waals surface area contributed by atoms with E-state index in [4.69, 9.17) is 4.52 Å². The van der Waals surface area contributed by atoms with Crippen molar-refractivity contribution in [3.05, 3.63) is 47.1 Å². The fraction of sp³-hybridized carbons (Fsp3) is 0.600. The largest absolute Gasteiger partial charge is 0.355 e. The zero-order chi connectivity index (χ0) is 28.3. The van der Waals surface area contributed by atoms with Crippen LogP contribution in [-0.2, 0) is 14.8 Å². The van der Waals surface area contributed by atoms with E-state index in [0.717, 1.165) is 25.9 Å². The molecule has 0 N–H and O–H groups in total. The van der Waals surface area contributed by atoms with Crippen molar-refractivity contribution in [3.8, 4) is 0 Å². The summed E-state index contributed by atoms with van der Waals surface area (Å²) in [5.41, 5.74) is 0.580. The SMILES string of the molecule is Cc1noc(C=Cc2ccccc2F)c1S(=O)(=O)N1CCC(C(=O)N2CCC(N(C)C3CCCCC3)CC2)CC1. The fourth-order valence-corrected chi connectivity index (χ4v) is 8.30. The number of carbonyl (C=O) groups excluding carboxylic acids is 1. The third kappa shape index (κ3) is 6.19. The van der Waals surface area contributed by atoms with Crippen LogP contribution in [0.25, 0.3) is 12.2 Å². The van der Waals surface area contributed by atoms with Gasteiger partial charge in [0, 0.05) is 49.7 Å². The highest BCUT2D eigenvalue weighted by Crippen LogP contribution is 2.31. The number of benzene rings is 1. The van der Waals surface area contributed by atoms with E-state index in [1.165, 1.54) is 54.6 Å². The zero-order valence-corrected chi connectivity index (χ0v) is 24.4. The Balaban J connectivity index is 1.17. The van der Waals surface area contributed by atoms with E-state index in [9.17, 15) is 17.6 Å². The maximum Gasteiger partial charge on any atom is 0.248 e. The Kier molecular flexibility index (Phi) is 9.07. The topological polar surface area (TPSA) is 87.0 Å². The highest BCUT2D eigenvalue weighted by atomic mass is 32.2. The van der Waals surface area contributed by atoms with Crippen LogP contribution in [0, 0.1) is 18.7 Å². The summed E-state index contributed by atoms with van der Waals surface area (Å²) in [5, 5.41) is 3.87. The Morgan fingerprint density at radius 3 is 2.30 bits per heavy atom. The second kappa shape index (κ2) is 12.5. The lowest BCUT2D eigenvalue weighted by atomic mass is 9.91. The smallest absolute Gasteiger partial charge is 0.248 e. The quantitative estimate of drug-likeness (QED) is 0.467. The van der Waals surface area contributed by atoms with Crippen molar-refractivity contribution in [2.75, 3.05) is 33.2 Å². The van der Waals surface area contributed by atoms with Gasteiger partial charge in [0.25, 0.3) is 0 Å². The number of carbonyl (C=O) groups is 1. The molecule has 10 heteroatoms. The average Bonchev–Trinajstić information content (AvgIpc) is 3.37. The standard InChI is InChI=1S/C30H41FN4O4S/c1-22-29(28(39-32-22)13-12-23-8-6-7-11-27(23)31)40(37,38)35-20-14-24(15-21-35)30(36)34-18-16-26(17-19-34)33(2)25-9-4-3-5-10-25/h6-8,11-13,24-26H,3-5,9-10,14-21H2,1-2H3. The number of aromatic nitrogens is 1. The van der Waals surface area contributed by atoms with Crippen LogP contribution in [0.1, 0.15) is 74.8 Å². The number of halogens is 1. The normalized spacial score (nSPS) is 21.1. The molecule has 0 spiro atoms. The molecule has 8 nitrogen and oxygen atoms in total. The molecule has 2 aromatic rings. The van der Waals surface area contributed by atoms with E-state index >= 15 is 0 Å². The molecule has 3 heterocycles. The second-order valence-corrected chi connectivity index (χ2v) is 13.4. The molecule has 3 fully saturated rings. The van der Waals surface area contributed by atoms with Crippen LogP contribution >= 0.6 is 0 Å². The molecule has 2 saturated heterocycles. The third-order valence-corrected chi connectivity index (χ3v) is 11.1. The number of rotatable bonds is 7. The number of hydrogen-bond acceptors (Lipinski definition) is 6. The van der Waals surface area contributed by atoms with Gasteiger partial charge in [-0.2, -0.15) is 4.31 Å². The van der Waals surface area contributed by atoms with Crippen molar-refractivity contribution >= 4 is 28.1 Å². The van der Waals surface area contributed by atoms with Gasteiger partial charge in [0.15, 0.2) is 10.7 Å². The molecule has 1 aromatic heterocycles. The molecule has 1 aromatic carbocycles. The highest BCUT2D eigenvalue weighted by molar-refractivity contribution is 7.89. The third-order valence-electron chi connectivity index (χ3n) is 9.06. The number of likely N-dealkylation sites (tertiary alicyclic amines) is 1. The van der Waals surface area contributed by atoms with Gasteiger partial charge in [0.05, 0.1) is 0 Å². The van der Waals surface area contributed by atoms with Crippen molar-refractivity contribution in [2.24, 2.45) is 5.92 Å². The summed E-state index contributed by atoms with van der Waals surface area (Å²) in [6, 6.07) is 7.45. The summed E-state index contributed by atoms with van der Waals surface area (Å²) in [5.74, 6) is -0.347. The van der Waals surface area contributed by atoms with Crippen LogP contribution in [0.2, 0.25) is 0 Å².